The van der Waals surface area contributed by atoms with E-state index in [4.69, 9.17) is 4.74 Å². The molecule has 114 valence electrons. The number of hydrogen-bond acceptors (Lipinski definition) is 3. The number of anilines is 1. The van der Waals surface area contributed by atoms with Crippen molar-refractivity contribution in [1.82, 2.24) is 4.90 Å². The number of alkyl halides is 1. The molecular weight excluding hydrogens is 267 g/mol. The van der Waals surface area contributed by atoms with Crippen LogP contribution in [0.25, 0.3) is 0 Å². The molecule has 21 heavy (non-hydrogen) atoms. The van der Waals surface area contributed by atoms with Crippen LogP contribution >= 0.6 is 0 Å². The molecule has 0 amide bonds. The van der Waals surface area contributed by atoms with Gasteiger partial charge in [-0.25, -0.2) is 4.39 Å². The molecule has 0 spiro atoms. The van der Waals surface area contributed by atoms with Crippen molar-refractivity contribution in [3.63, 3.8) is 0 Å². The Morgan fingerprint density at radius 3 is 2.62 bits per heavy atom. The van der Waals surface area contributed by atoms with Gasteiger partial charge in [-0.2, -0.15) is 0 Å². The quantitative estimate of drug-likeness (QED) is 0.796. The van der Waals surface area contributed by atoms with Gasteiger partial charge in [-0.05, 0) is 25.0 Å². The lowest BCUT2D eigenvalue weighted by Crippen LogP contribution is -2.53. The number of para-hydroxylation sites is 2. The molecule has 0 N–H and O–H groups in total. The average Bonchev–Trinajstić information content (AvgIpc) is 2.55. The Hall–Kier alpha value is -1.55. The van der Waals surface area contributed by atoms with Gasteiger partial charge in [-0.1, -0.05) is 24.3 Å². The molecule has 1 aromatic carbocycles. The fraction of sp³-hybridized carbons (Fsp3) is 0.529. The zero-order valence-electron chi connectivity index (χ0n) is 12.5. The predicted octanol–water partition coefficient (Wildman–Crippen LogP) is 2.87. The van der Waals surface area contributed by atoms with E-state index in [1.54, 1.807) is 7.11 Å². The summed E-state index contributed by atoms with van der Waals surface area (Å²) in [7, 11) is 1.70. The monoisotopic (exact) mass is 290 g/mol. The first-order valence-electron chi connectivity index (χ1n) is 7.72. The zero-order valence-corrected chi connectivity index (χ0v) is 12.5. The summed E-state index contributed by atoms with van der Waals surface area (Å²) in [6, 6.07) is 8.07. The van der Waals surface area contributed by atoms with E-state index < -0.39 is 6.17 Å². The third-order valence-electron chi connectivity index (χ3n) is 4.47. The lowest BCUT2D eigenvalue weighted by molar-refractivity contribution is 0.124. The van der Waals surface area contributed by atoms with Gasteiger partial charge in [0.25, 0.3) is 0 Å². The van der Waals surface area contributed by atoms with Crippen molar-refractivity contribution in [1.29, 1.82) is 0 Å². The Kier molecular flexibility index (Phi) is 4.44. The number of hydrogen-bond donors (Lipinski definition) is 0. The second-order valence-corrected chi connectivity index (χ2v) is 5.71. The molecular formula is C17H23FN2O. The van der Waals surface area contributed by atoms with Crippen molar-refractivity contribution >= 4 is 5.69 Å². The maximum Gasteiger partial charge on any atom is 0.142 e. The number of nitrogens with zero attached hydrogens (tertiary/aromatic N) is 2. The van der Waals surface area contributed by atoms with Crippen LogP contribution in [0.15, 0.2) is 36.4 Å². The maximum absolute atomic E-state index is 14.0. The number of piperazine rings is 1. The Labute approximate surface area is 126 Å². The largest absolute Gasteiger partial charge is 0.495 e. The fourth-order valence-electron chi connectivity index (χ4n) is 3.28. The van der Waals surface area contributed by atoms with Crippen LogP contribution in [0, 0.1) is 0 Å². The van der Waals surface area contributed by atoms with Crippen LogP contribution in [0.2, 0.25) is 0 Å². The predicted molar refractivity (Wildman–Crippen MR) is 83.8 cm³/mol. The third-order valence-corrected chi connectivity index (χ3v) is 4.47. The van der Waals surface area contributed by atoms with E-state index in [1.807, 2.05) is 24.3 Å². The van der Waals surface area contributed by atoms with Crippen LogP contribution in [-0.4, -0.2) is 50.4 Å². The topological polar surface area (TPSA) is 15.7 Å². The summed E-state index contributed by atoms with van der Waals surface area (Å²) < 4.78 is 19.5. The van der Waals surface area contributed by atoms with Gasteiger partial charge in [-0.3, -0.25) is 4.90 Å². The molecule has 1 heterocycles. The normalized spacial score (nSPS) is 26.9. The Morgan fingerprint density at radius 2 is 1.90 bits per heavy atom. The van der Waals surface area contributed by atoms with Crippen LogP contribution in [-0.2, 0) is 0 Å². The lowest BCUT2D eigenvalue weighted by atomic mass is 9.98. The van der Waals surface area contributed by atoms with E-state index in [9.17, 15) is 4.39 Å². The van der Waals surface area contributed by atoms with Crippen LogP contribution in [0.1, 0.15) is 12.8 Å². The molecule has 2 aliphatic rings. The molecule has 0 bridgehead atoms. The third kappa shape index (κ3) is 3.05. The second kappa shape index (κ2) is 6.48. The Bertz CT molecular complexity index is 497. The van der Waals surface area contributed by atoms with Crippen molar-refractivity contribution < 1.29 is 9.13 Å². The molecule has 0 aromatic heterocycles. The Balaban J connectivity index is 1.65. The highest BCUT2D eigenvalue weighted by Crippen LogP contribution is 2.29. The molecule has 1 aliphatic carbocycles. The van der Waals surface area contributed by atoms with Gasteiger partial charge in [0.1, 0.15) is 11.9 Å². The molecule has 1 fully saturated rings. The minimum atomic E-state index is -0.715. The average molecular weight is 290 g/mol. The van der Waals surface area contributed by atoms with Gasteiger partial charge in [-0.15, -0.1) is 0 Å². The van der Waals surface area contributed by atoms with Crippen molar-refractivity contribution in [3.8, 4) is 5.75 Å². The Morgan fingerprint density at radius 1 is 1.14 bits per heavy atom. The van der Waals surface area contributed by atoms with Gasteiger partial charge < -0.3 is 9.64 Å². The van der Waals surface area contributed by atoms with Gasteiger partial charge in [0.05, 0.1) is 18.8 Å². The van der Waals surface area contributed by atoms with Crippen LogP contribution in [0.5, 0.6) is 5.75 Å². The molecule has 2 unspecified atom stereocenters. The number of halogens is 1. The summed E-state index contributed by atoms with van der Waals surface area (Å²) in [5.41, 5.74) is 1.13. The van der Waals surface area contributed by atoms with E-state index >= 15 is 0 Å². The van der Waals surface area contributed by atoms with Gasteiger partial charge in [0, 0.05) is 26.2 Å². The van der Waals surface area contributed by atoms with Crippen molar-refractivity contribution in [2.75, 3.05) is 38.2 Å². The van der Waals surface area contributed by atoms with E-state index in [2.05, 4.69) is 21.9 Å². The van der Waals surface area contributed by atoms with Gasteiger partial charge in [0.2, 0.25) is 0 Å². The summed E-state index contributed by atoms with van der Waals surface area (Å²) in [6.07, 6.45) is 4.99. The van der Waals surface area contributed by atoms with Crippen molar-refractivity contribution in [2.45, 2.75) is 25.1 Å². The minimum absolute atomic E-state index is 0.0291. The summed E-state index contributed by atoms with van der Waals surface area (Å²) in [6.45, 7) is 3.62. The summed E-state index contributed by atoms with van der Waals surface area (Å²) >= 11 is 0. The number of benzene rings is 1. The van der Waals surface area contributed by atoms with E-state index in [0.717, 1.165) is 44.0 Å². The number of methoxy groups -OCH3 is 1. The first kappa shape index (κ1) is 14.4. The standard InChI is InChI=1S/C17H23FN2O/c1-21-17-9-5-4-8-16(17)20-12-10-19(11-13-20)15-7-3-2-6-14(15)18/h3-5,7-9,14-15H,2,6,10-13H2,1H3. The molecule has 0 radical (unpaired) electrons. The van der Waals surface area contributed by atoms with Crippen molar-refractivity contribution in [3.05, 3.63) is 36.4 Å². The molecule has 1 aliphatic heterocycles. The SMILES string of the molecule is COc1ccccc1N1CCN(C2C=CCCC2F)CC1. The number of ether oxygens (including phenoxy) is 1. The summed E-state index contributed by atoms with van der Waals surface area (Å²) in [5.74, 6) is 0.909. The first-order valence-corrected chi connectivity index (χ1v) is 7.72. The lowest BCUT2D eigenvalue weighted by Gasteiger charge is -2.41. The van der Waals surface area contributed by atoms with Gasteiger partial charge >= 0.3 is 0 Å². The first-order chi connectivity index (χ1) is 10.3. The number of allylic oxidation sites excluding steroid dienone is 1. The van der Waals surface area contributed by atoms with Crippen LogP contribution in [0.4, 0.5) is 10.1 Å². The van der Waals surface area contributed by atoms with Crippen LogP contribution in [0.3, 0.4) is 0 Å². The molecule has 2 atom stereocenters. The summed E-state index contributed by atoms with van der Waals surface area (Å²) in [5, 5.41) is 0. The molecule has 3 rings (SSSR count). The fourth-order valence-corrected chi connectivity index (χ4v) is 3.28. The minimum Gasteiger partial charge on any atom is -0.495 e. The van der Waals surface area contributed by atoms with Gasteiger partial charge in [0.15, 0.2) is 0 Å². The smallest absolute Gasteiger partial charge is 0.142 e. The van der Waals surface area contributed by atoms with Crippen molar-refractivity contribution in [2.24, 2.45) is 0 Å². The summed E-state index contributed by atoms with van der Waals surface area (Å²) in [4.78, 5) is 4.60. The zero-order chi connectivity index (χ0) is 14.7. The second-order valence-electron chi connectivity index (χ2n) is 5.71. The molecule has 3 nitrogen and oxygen atoms in total. The maximum atomic E-state index is 14.0. The van der Waals surface area contributed by atoms with Crippen LogP contribution < -0.4 is 9.64 Å². The highest BCUT2D eigenvalue weighted by atomic mass is 19.1. The highest BCUT2D eigenvalue weighted by molar-refractivity contribution is 5.58. The van der Waals surface area contributed by atoms with E-state index in [-0.39, 0.29) is 6.04 Å². The van der Waals surface area contributed by atoms with E-state index in [1.165, 1.54) is 0 Å². The molecule has 0 saturated carbocycles. The highest BCUT2D eigenvalue weighted by Gasteiger charge is 2.30. The van der Waals surface area contributed by atoms with E-state index in [0.29, 0.717) is 6.42 Å². The molecule has 4 heteroatoms. The number of rotatable bonds is 3. The molecule has 1 aromatic rings. The molecule has 1 saturated heterocycles.